The number of rotatable bonds is 9. The molecule has 2 N–H and O–H groups in total. The number of aliphatic hydroxyl groups excluding tert-OH is 1. The Hall–Kier alpha value is -1.39. The van der Waals surface area contributed by atoms with Crippen LogP contribution in [-0.4, -0.2) is 62.8 Å². The van der Waals surface area contributed by atoms with Crippen LogP contribution >= 0.6 is 23.4 Å². The second-order valence-electron chi connectivity index (χ2n) is 9.14. The average Bonchev–Trinajstić information content (AvgIpc) is 3.37. The third kappa shape index (κ3) is 4.25. The molecule has 0 saturated carbocycles. The van der Waals surface area contributed by atoms with Crippen LogP contribution in [0.3, 0.4) is 0 Å². The van der Waals surface area contributed by atoms with Crippen LogP contribution in [0.15, 0.2) is 23.1 Å². The Morgan fingerprint density at radius 2 is 2.25 bits per heavy atom. The molecule has 4 heterocycles. The number of hydrogen-bond donors (Lipinski definition) is 2. The van der Waals surface area contributed by atoms with Crippen LogP contribution in [0.25, 0.3) is 0 Å². The molecule has 0 spiro atoms. The molecular weight excluding hydrogens is 452 g/mol. The number of imidazole rings is 1. The van der Waals surface area contributed by atoms with Crippen molar-refractivity contribution in [2.45, 2.75) is 63.3 Å². The standard InChI is InChI=1S/C22H32ClN4O4S/c1-12-18-17(13(2)28)22(30)27(18)19(21(23)29)20(12)32-16-7-14(24-8-16)5-6-26-11-25(3)9-15(26)10-31-4/h9,11-14,16-18,24,28H,5-8,10H2,1-4H3/q+1/t12-,13-,14-,16+,17-,18-/m1/s1. The molecule has 1 amide bonds. The Morgan fingerprint density at radius 3 is 2.91 bits per heavy atom. The molecule has 176 valence electrons. The van der Waals surface area contributed by atoms with Crippen molar-refractivity contribution < 1.29 is 24.0 Å². The third-order valence-electron chi connectivity index (χ3n) is 6.82. The van der Waals surface area contributed by atoms with Crippen LogP contribution in [0.4, 0.5) is 0 Å². The van der Waals surface area contributed by atoms with E-state index >= 15 is 0 Å². The summed E-state index contributed by atoms with van der Waals surface area (Å²) in [5.41, 5.74) is 1.47. The van der Waals surface area contributed by atoms with Crippen molar-refractivity contribution in [1.29, 1.82) is 0 Å². The molecule has 6 atom stereocenters. The number of aliphatic hydroxyl groups is 1. The van der Waals surface area contributed by atoms with E-state index in [2.05, 4.69) is 22.4 Å². The van der Waals surface area contributed by atoms with Crippen LogP contribution in [0.5, 0.6) is 0 Å². The minimum Gasteiger partial charge on any atom is -0.393 e. The van der Waals surface area contributed by atoms with Gasteiger partial charge in [0.1, 0.15) is 18.5 Å². The monoisotopic (exact) mass is 483 g/mol. The summed E-state index contributed by atoms with van der Waals surface area (Å²) in [4.78, 5) is 27.2. The van der Waals surface area contributed by atoms with E-state index in [1.807, 2.05) is 18.5 Å². The van der Waals surface area contributed by atoms with Crippen molar-refractivity contribution in [2.75, 3.05) is 13.7 Å². The fourth-order valence-electron chi connectivity index (χ4n) is 5.33. The van der Waals surface area contributed by atoms with Gasteiger partial charge in [0, 0.05) is 42.2 Å². The number of nitrogens with one attached hydrogen (secondary N) is 1. The topological polar surface area (TPSA) is 87.7 Å². The molecule has 10 heteroatoms. The Bertz CT molecular complexity index is 933. The van der Waals surface area contributed by atoms with E-state index in [1.54, 1.807) is 25.8 Å². The predicted molar refractivity (Wildman–Crippen MR) is 122 cm³/mol. The summed E-state index contributed by atoms with van der Waals surface area (Å²) in [6.45, 7) is 5.99. The zero-order valence-corrected chi connectivity index (χ0v) is 20.5. The largest absolute Gasteiger partial charge is 0.393 e. The Balaban J connectivity index is 1.39. The van der Waals surface area contributed by atoms with E-state index in [-0.39, 0.29) is 17.9 Å². The van der Waals surface area contributed by atoms with E-state index in [0.717, 1.165) is 36.5 Å². The van der Waals surface area contributed by atoms with E-state index in [0.29, 0.717) is 23.6 Å². The molecule has 0 unspecified atom stereocenters. The van der Waals surface area contributed by atoms with Gasteiger partial charge < -0.3 is 20.1 Å². The number of thioether (sulfide) groups is 1. The molecule has 1 aromatic heterocycles. The van der Waals surface area contributed by atoms with Gasteiger partial charge in [0.15, 0.2) is 5.69 Å². The fraction of sp³-hybridized carbons (Fsp3) is 0.682. The zero-order valence-electron chi connectivity index (χ0n) is 19.0. The summed E-state index contributed by atoms with van der Waals surface area (Å²) in [5.74, 6) is -0.677. The maximum atomic E-state index is 12.6. The van der Waals surface area contributed by atoms with Gasteiger partial charge in [-0.3, -0.25) is 9.59 Å². The average molecular weight is 484 g/mol. The predicted octanol–water partition coefficient (Wildman–Crippen LogP) is 1.15. The van der Waals surface area contributed by atoms with Crippen molar-refractivity contribution in [3.63, 3.8) is 0 Å². The van der Waals surface area contributed by atoms with Crippen molar-refractivity contribution in [3.8, 4) is 0 Å². The molecule has 0 aromatic carbocycles. The highest BCUT2D eigenvalue weighted by Gasteiger charge is 2.59. The minimum atomic E-state index is -0.738. The molecule has 4 rings (SSSR count). The first-order chi connectivity index (χ1) is 15.2. The van der Waals surface area contributed by atoms with Gasteiger partial charge in [0.25, 0.3) is 5.24 Å². The lowest BCUT2D eigenvalue weighted by Crippen LogP contribution is -2.63. The zero-order chi connectivity index (χ0) is 23.2. The lowest BCUT2D eigenvalue weighted by molar-refractivity contribution is -0.671. The maximum Gasteiger partial charge on any atom is 0.269 e. The number of carbonyl (C=O) groups excluding carboxylic acids is 2. The molecule has 3 aliphatic heterocycles. The van der Waals surface area contributed by atoms with Crippen molar-refractivity contribution >= 4 is 34.5 Å². The second-order valence-corrected chi connectivity index (χ2v) is 10.8. The minimum absolute atomic E-state index is 0.00877. The molecule has 3 aliphatic rings. The molecule has 0 aliphatic carbocycles. The Kier molecular flexibility index (Phi) is 7.03. The number of methoxy groups -OCH3 is 1. The quantitative estimate of drug-likeness (QED) is 0.311. The first kappa shape index (κ1) is 23.8. The van der Waals surface area contributed by atoms with Crippen molar-refractivity contribution in [1.82, 2.24) is 14.8 Å². The van der Waals surface area contributed by atoms with E-state index in [4.69, 9.17) is 16.3 Å². The highest BCUT2D eigenvalue weighted by molar-refractivity contribution is 8.03. The molecule has 2 fully saturated rings. The van der Waals surface area contributed by atoms with Crippen LogP contribution in [0, 0.1) is 11.8 Å². The fourth-order valence-corrected chi connectivity index (χ4v) is 7.11. The molecule has 1 aromatic rings. The number of allylic oxidation sites excluding steroid dienone is 1. The number of amides is 1. The highest BCUT2D eigenvalue weighted by atomic mass is 35.5. The smallest absolute Gasteiger partial charge is 0.269 e. The number of halogens is 1. The Labute approximate surface area is 197 Å². The van der Waals surface area contributed by atoms with Crippen LogP contribution in [0.2, 0.25) is 0 Å². The second kappa shape index (κ2) is 9.46. The maximum absolute atomic E-state index is 12.6. The summed E-state index contributed by atoms with van der Waals surface area (Å²) in [6, 6.07) is 0.202. The van der Waals surface area contributed by atoms with Gasteiger partial charge in [-0.25, -0.2) is 9.13 Å². The summed E-state index contributed by atoms with van der Waals surface area (Å²) < 4.78 is 9.56. The van der Waals surface area contributed by atoms with Gasteiger partial charge >= 0.3 is 0 Å². The van der Waals surface area contributed by atoms with Gasteiger partial charge in [-0.1, -0.05) is 6.92 Å². The summed E-state index contributed by atoms with van der Waals surface area (Å²) in [5, 5.41) is 13.4. The number of aromatic nitrogens is 2. The van der Waals surface area contributed by atoms with Crippen LogP contribution in [0.1, 0.15) is 32.4 Å². The summed E-state index contributed by atoms with van der Waals surface area (Å²) >= 11 is 7.58. The van der Waals surface area contributed by atoms with Crippen molar-refractivity contribution in [3.05, 3.63) is 28.8 Å². The van der Waals surface area contributed by atoms with E-state index < -0.39 is 17.3 Å². The van der Waals surface area contributed by atoms with Gasteiger partial charge in [0.05, 0.1) is 31.7 Å². The highest BCUT2D eigenvalue weighted by Crippen LogP contribution is 2.52. The third-order valence-corrected chi connectivity index (χ3v) is 8.51. The lowest BCUT2D eigenvalue weighted by atomic mass is 9.79. The number of aryl methyl sites for hydroxylation is 2. The van der Waals surface area contributed by atoms with E-state index in [1.165, 1.54) is 4.90 Å². The Morgan fingerprint density at radius 1 is 1.50 bits per heavy atom. The normalized spacial score (nSPS) is 30.6. The molecule has 2 saturated heterocycles. The number of ether oxygens (including phenoxy) is 1. The summed E-state index contributed by atoms with van der Waals surface area (Å²) in [7, 11) is 3.72. The number of hydrogen-bond acceptors (Lipinski definition) is 6. The number of nitrogens with zero attached hydrogens (tertiary/aromatic N) is 3. The molecule has 0 bridgehead atoms. The summed E-state index contributed by atoms with van der Waals surface area (Å²) in [6.07, 6.45) is 5.40. The molecule has 8 nitrogen and oxygen atoms in total. The van der Waals surface area contributed by atoms with Crippen LogP contribution in [-0.2, 0) is 34.5 Å². The van der Waals surface area contributed by atoms with Crippen LogP contribution < -0.4 is 9.88 Å². The van der Waals surface area contributed by atoms with Gasteiger partial charge in [0.2, 0.25) is 12.2 Å². The number of β-lactam (4-membered cyclic amide) rings is 1. The van der Waals surface area contributed by atoms with Gasteiger partial charge in [-0.05, 0) is 24.9 Å². The first-order valence-electron chi connectivity index (χ1n) is 11.1. The molecular formula is C22H32ClN4O4S+. The number of carbonyl (C=O) groups is 2. The molecule has 0 radical (unpaired) electrons. The van der Waals surface area contributed by atoms with Gasteiger partial charge in [-0.15, -0.1) is 11.8 Å². The van der Waals surface area contributed by atoms with Crippen molar-refractivity contribution in [2.24, 2.45) is 18.9 Å². The first-order valence-corrected chi connectivity index (χ1v) is 12.4. The van der Waals surface area contributed by atoms with Gasteiger partial charge in [-0.2, -0.15) is 0 Å². The SMILES string of the molecule is COCc1c[n+](C)cn1CC[C@@H]1C[C@H](SC2=C(C(=O)Cl)N3C(=O)[C@H]([C@@H](C)O)[C@H]3[C@H]2C)CN1. The molecule has 32 heavy (non-hydrogen) atoms. The number of fused-ring (bicyclic) bond motifs is 1. The van der Waals surface area contributed by atoms with E-state index in [9.17, 15) is 14.7 Å². The lowest BCUT2D eigenvalue weighted by Gasteiger charge is -2.46.